The molecule has 0 spiro atoms. The molecule has 0 aliphatic heterocycles. The number of nitrogens with one attached hydrogen (secondary N) is 1. The Morgan fingerprint density at radius 3 is 2.52 bits per heavy atom. The number of halogens is 2. The van der Waals surface area contributed by atoms with E-state index in [1.165, 1.54) is 42.5 Å². The van der Waals surface area contributed by atoms with Crippen molar-refractivity contribution >= 4 is 23.0 Å². The summed E-state index contributed by atoms with van der Waals surface area (Å²) in [5.41, 5.74) is 0.992. The van der Waals surface area contributed by atoms with Gasteiger partial charge in [-0.1, -0.05) is 11.6 Å². The van der Waals surface area contributed by atoms with Crippen molar-refractivity contribution in [2.45, 2.75) is 6.10 Å². The summed E-state index contributed by atoms with van der Waals surface area (Å²) in [6, 6.07) is 9.51. The number of hydrogen-bond donors (Lipinski definition) is 2. The maximum Gasteiger partial charge on any atom is 0.269 e. The standard InChI is InChI=1S/C14H12ClFN2O3/c15-12-7-10(16)3-6-13(12)17-8-14(19)9-1-4-11(5-2-9)18(20)21/h1-7,14,17,19H,8H2. The second-order valence-corrected chi connectivity index (χ2v) is 4.78. The van der Waals surface area contributed by atoms with E-state index in [-0.39, 0.29) is 17.3 Å². The number of nitrogens with zero attached hydrogens (tertiary/aromatic N) is 1. The first-order chi connectivity index (χ1) is 9.97. The molecule has 5 nitrogen and oxygen atoms in total. The monoisotopic (exact) mass is 310 g/mol. The summed E-state index contributed by atoms with van der Waals surface area (Å²) < 4.78 is 12.9. The zero-order chi connectivity index (χ0) is 15.4. The SMILES string of the molecule is O=[N+]([O-])c1ccc(C(O)CNc2ccc(F)cc2Cl)cc1. The number of hydrogen-bond acceptors (Lipinski definition) is 4. The van der Waals surface area contributed by atoms with Gasteiger partial charge in [0, 0.05) is 18.7 Å². The van der Waals surface area contributed by atoms with Crippen LogP contribution in [0, 0.1) is 15.9 Å². The lowest BCUT2D eigenvalue weighted by atomic mass is 10.1. The van der Waals surface area contributed by atoms with Crippen LogP contribution in [0.3, 0.4) is 0 Å². The van der Waals surface area contributed by atoms with Crippen LogP contribution in [0.4, 0.5) is 15.8 Å². The fourth-order valence-corrected chi connectivity index (χ4v) is 2.01. The van der Waals surface area contributed by atoms with E-state index in [2.05, 4.69) is 5.32 Å². The van der Waals surface area contributed by atoms with Crippen molar-refractivity contribution in [1.82, 2.24) is 0 Å². The van der Waals surface area contributed by atoms with Gasteiger partial charge in [0.15, 0.2) is 0 Å². The fourth-order valence-electron chi connectivity index (χ4n) is 1.78. The lowest BCUT2D eigenvalue weighted by molar-refractivity contribution is -0.384. The zero-order valence-corrected chi connectivity index (χ0v) is 11.5. The maximum atomic E-state index is 12.9. The van der Waals surface area contributed by atoms with Gasteiger partial charge < -0.3 is 10.4 Å². The molecule has 0 amide bonds. The Morgan fingerprint density at radius 1 is 1.29 bits per heavy atom. The first kappa shape index (κ1) is 15.2. The lowest BCUT2D eigenvalue weighted by Gasteiger charge is -2.14. The maximum absolute atomic E-state index is 12.9. The van der Waals surface area contributed by atoms with Gasteiger partial charge in [-0.2, -0.15) is 0 Å². The highest BCUT2D eigenvalue weighted by Gasteiger charge is 2.11. The second-order valence-electron chi connectivity index (χ2n) is 4.37. The first-order valence-electron chi connectivity index (χ1n) is 6.08. The molecule has 0 aliphatic rings. The second kappa shape index (κ2) is 6.51. The van der Waals surface area contributed by atoms with Gasteiger partial charge in [0.2, 0.25) is 0 Å². The highest BCUT2D eigenvalue weighted by Crippen LogP contribution is 2.24. The summed E-state index contributed by atoms with van der Waals surface area (Å²) in [7, 11) is 0. The average Bonchev–Trinajstić information content (AvgIpc) is 2.46. The number of non-ortho nitro benzene ring substituents is 1. The molecule has 2 N–H and O–H groups in total. The van der Waals surface area contributed by atoms with Gasteiger partial charge in [-0.25, -0.2) is 4.39 Å². The minimum Gasteiger partial charge on any atom is -0.387 e. The van der Waals surface area contributed by atoms with Crippen LogP contribution < -0.4 is 5.32 Å². The smallest absolute Gasteiger partial charge is 0.269 e. The predicted molar refractivity (Wildman–Crippen MR) is 78.0 cm³/mol. The van der Waals surface area contributed by atoms with E-state index in [1.54, 1.807) is 0 Å². The average molecular weight is 311 g/mol. The molecule has 2 aromatic carbocycles. The van der Waals surface area contributed by atoms with Crippen molar-refractivity contribution in [3.63, 3.8) is 0 Å². The Balaban J connectivity index is 2.01. The van der Waals surface area contributed by atoms with E-state index in [0.717, 1.165) is 0 Å². The summed E-state index contributed by atoms with van der Waals surface area (Å²) in [5, 5.41) is 23.7. The van der Waals surface area contributed by atoms with Gasteiger partial charge in [-0.15, -0.1) is 0 Å². The summed E-state index contributed by atoms with van der Waals surface area (Å²) in [4.78, 5) is 10.0. The van der Waals surface area contributed by atoms with Crippen LogP contribution in [0.2, 0.25) is 5.02 Å². The fraction of sp³-hybridized carbons (Fsp3) is 0.143. The Morgan fingerprint density at radius 2 is 1.95 bits per heavy atom. The first-order valence-corrected chi connectivity index (χ1v) is 6.46. The molecule has 0 aromatic heterocycles. The van der Waals surface area contributed by atoms with Crippen molar-refractivity contribution < 1.29 is 14.4 Å². The van der Waals surface area contributed by atoms with Crippen LogP contribution in [-0.2, 0) is 0 Å². The molecular weight excluding hydrogens is 299 g/mol. The molecule has 110 valence electrons. The molecule has 0 saturated carbocycles. The molecule has 0 fully saturated rings. The van der Waals surface area contributed by atoms with Crippen molar-refractivity contribution in [2.75, 3.05) is 11.9 Å². The highest BCUT2D eigenvalue weighted by atomic mass is 35.5. The van der Waals surface area contributed by atoms with Crippen LogP contribution in [0.1, 0.15) is 11.7 Å². The van der Waals surface area contributed by atoms with Gasteiger partial charge in [0.1, 0.15) is 5.82 Å². The summed E-state index contributed by atoms with van der Waals surface area (Å²) in [5.74, 6) is -0.443. The quantitative estimate of drug-likeness (QED) is 0.654. The summed E-state index contributed by atoms with van der Waals surface area (Å²) in [6.45, 7) is 0.142. The Labute approximate surface area is 125 Å². The molecule has 7 heteroatoms. The van der Waals surface area contributed by atoms with E-state index >= 15 is 0 Å². The minimum absolute atomic E-state index is 0.0412. The van der Waals surface area contributed by atoms with Gasteiger partial charge in [-0.3, -0.25) is 10.1 Å². The summed E-state index contributed by atoms with van der Waals surface area (Å²) in [6.07, 6.45) is -0.869. The summed E-state index contributed by atoms with van der Waals surface area (Å²) >= 11 is 5.86. The van der Waals surface area contributed by atoms with Gasteiger partial charge in [-0.05, 0) is 35.9 Å². The third-order valence-corrected chi connectivity index (χ3v) is 3.22. The van der Waals surface area contributed by atoms with Crippen molar-refractivity contribution in [2.24, 2.45) is 0 Å². The Kier molecular flexibility index (Phi) is 4.72. The van der Waals surface area contributed by atoms with Crippen LogP contribution >= 0.6 is 11.6 Å². The number of rotatable bonds is 5. The third-order valence-electron chi connectivity index (χ3n) is 2.91. The molecule has 0 aliphatic carbocycles. The van der Waals surface area contributed by atoms with Gasteiger partial charge in [0.05, 0.1) is 21.7 Å². The van der Waals surface area contributed by atoms with E-state index in [0.29, 0.717) is 11.3 Å². The Hall–Kier alpha value is -2.18. The molecule has 21 heavy (non-hydrogen) atoms. The molecule has 0 radical (unpaired) electrons. The van der Waals surface area contributed by atoms with E-state index < -0.39 is 16.8 Å². The van der Waals surface area contributed by atoms with Crippen LogP contribution in [-0.4, -0.2) is 16.6 Å². The minimum atomic E-state index is -0.869. The highest BCUT2D eigenvalue weighted by molar-refractivity contribution is 6.33. The lowest BCUT2D eigenvalue weighted by Crippen LogP contribution is -2.12. The number of benzene rings is 2. The predicted octanol–water partition coefficient (Wildman–Crippen LogP) is 3.53. The van der Waals surface area contributed by atoms with Crippen LogP contribution in [0.25, 0.3) is 0 Å². The number of aliphatic hydroxyl groups is 1. The van der Waals surface area contributed by atoms with E-state index in [1.807, 2.05) is 0 Å². The van der Waals surface area contributed by atoms with Crippen molar-refractivity contribution in [1.29, 1.82) is 0 Å². The molecule has 0 saturated heterocycles. The van der Waals surface area contributed by atoms with Crippen molar-refractivity contribution in [3.8, 4) is 0 Å². The molecule has 0 heterocycles. The molecule has 2 rings (SSSR count). The molecule has 1 atom stereocenters. The largest absolute Gasteiger partial charge is 0.387 e. The van der Waals surface area contributed by atoms with Crippen LogP contribution in [0.5, 0.6) is 0 Å². The van der Waals surface area contributed by atoms with E-state index in [9.17, 15) is 19.6 Å². The Bertz CT molecular complexity index is 649. The number of nitro groups is 1. The number of anilines is 1. The van der Waals surface area contributed by atoms with E-state index in [4.69, 9.17) is 11.6 Å². The molecule has 2 aromatic rings. The topological polar surface area (TPSA) is 75.4 Å². The molecule has 1 unspecified atom stereocenters. The molecular formula is C14H12ClFN2O3. The third kappa shape index (κ3) is 3.90. The van der Waals surface area contributed by atoms with Gasteiger partial charge >= 0.3 is 0 Å². The number of nitro benzene ring substituents is 1. The normalized spacial score (nSPS) is 12.0. The molecule has 0 bridgehead atoms. The van der Waals surface area contributed by atoms with Gasteiger partial charge in [0.25, 0.3) is 5.69 Å². The van der Waals surface area contributed by atoms with Crippen molar-refractivity contribution in [3.05, 3.63) is 69.0 Å². The van der Waals surface area contributed by atoms with Crippen LogP contribution in [0.15, 0.2) is 42.5 Å². The zero-order valence-electron chi connectivity index (χ0n) is 10.8. The number of aliphatic hydroxyl groups excluding tert-OH is 1.